The maximum absolute atomic E-state index is 13.3. The standard InChI is InChI=1S/C13H13FN2O/c14-13-4-2-1-3-10(13)9-17-12-6-5-11(7-15)16-8-12/h1-6,8H,7,9,15H2. The van der Waals surface area contributed by atoms with Gasteiger partial charge in [-0.1, -0.05) is 18.2 Å². The molecule has 0 fully saturated rings. The van der Waals surface area contributed by atoms with E-state index in [0.29, 0.717) is 17.9 Å². The second kappa shape index (κ2) is 5.41. The highest BCUT2D eigenvalue weighted by atomic mass is 19.1. The van der Waals surface area contributed by atoms with Crippen LogP contribution in [0.2, 0.25) is 0 Å². The van der Waals surface area contributed by atoms with E-state index in [4.69, 9.17) is 10.5 Å². The molecule has 1 heterocycles. The Hall–Kier alpha value is -1.94. The van der Waals surface area contributed by atoms with Crippen molar-refractivity contribution in [1.82, 2.24) is 4.98 Å². The van der Waals surface area contributed by atoms with Gasteiger partial charge in [-0.3, -0.25) is 4.98 Å². The van der Waals surface area contributed by atoms with Crippen LogP contribution >= 0.6 is 0 Å². The summed E-state index contributed by atoms with van der Waals surface area (Å²) in [4.78, 5) is 4.09. The van der Waals surface area contributed by atoms with E-state index < -0.39 is 0 Å². The number of halogens is 1. The summed E-state index contributed by atoms with van der Waals surface area (Å²) in [5.74, 6) is 0.337. The Balaban J connectivity index is 2.00. The fourth-order valence-electron chi connectivity index (χ4n) is 1.39. The lowest BCUT2D eigenvalue weighted by Gasteiger charge is -2.07. The number of aromatic nitrogens is 1. The van der Waals surface area contributed by atoms with Crippen LogP contribution in [0.25, 0.3) is 0 Å². The van der Waals surface area contributed by atoms with Crippen LogP contribution in [0.4, 0.5) is 4.39 Å². The zero-order chi connectivity index (χ0) is 12.1. The molecule has 1 aromatic carbocycles. The van der Waals surface area contributed by atoms with E-state index in [0.717, 1.165) is 5.69 Å². The lowest BCUT2D eigenvalue weighted by molar-refractivity contribution is 0.298. The molecule has 1 aromatic heterocycles. The molecule has 0 aliphatic carbocycles. The van der Waals surface area contributed by atoms with Crippen LogP contribution in [-0.2, 0) is 13.2 Å². The molecule has 0 aliphatic rings. The Morgan fingerprint density at radius 1 is 1.18 bits per heavy atom. The maximum Gasteiger partial charge on any atom is 0.138 e. The molecule has 17 heavy (non-hydrogen) atoms. The number of rotatable bonds is 4. The first-order chi connectivity index (χ1) is 8.29. The number of nitrogens with two attached hydrogens (primary N) is 1. The van der Waals surface area contributed by atoms with Gasteiger partial charge in [-0.2, -0.15) is 0 Å². The summed E-state index contributed by atoms with van der Waals surface area (Å²) in [6.07, 6.45) is 1.59. The van der Waals surface area contributed by atoms with Crippen LogP contribution < -0.4 is 10.5 Å². The molecule has 0 atom stereocenters. The minimum atomic E-state index is -0.265. The first-order valence-electron chi connectivity index (χ1n) is 5.31. The molecule has 2 rings (SSSR count). The molecule has 4 heteroatoms. The van der Waals surface area contributed by atoms with E-state index in [1.165, 1.54) is 6.07 Å². The molecule has 2 aromatic rings. The summed E-state index contributed by atoms with van der Waals surface area (Å²) >= 11 is 0. The maximum atomic E-state index is 13.3. The molecule has 2 N–H and O–H groups in total. The minimum Gasteiger partial charge on any atom is -0.487 e. The van der Waals surface area contributed by atoms with Crippen molar-refractivity contribution in [3.63, 3.8) is 0 Å². The molecule has 88 valence electrons. The predicted molar refractivity (Wildman–Crippen MR) is 62.9 cm³/mol. The number of ether oxygens (including phenoxy) is 1. The van der Waals surface area contributed by atoms with E-state index in [9.17, 15) is 4.39 Å². The molecule has 3 nitrogen and oxygen atoms in total. The zero-order valence-electron chi connectivity index (χ0n) is 9.27. The first kappa shape index (κ1) is 11.5. The number of nitrogens with zero attached hydrogens (tertiary/aromatic N) is 1. The highest BCUT2D eigenvalue weighted by Crippen LogP contribution is 2.13. The molecule has 0 radical (unpaired) electrons. The van der Waals surface area contributed by atoms with Crippen molar-refractivity contribution in [2.45, 2.75) is 13.2 Å². The van der Waals surface area contributed by atoms with Gasteiger partial charge in [0.2, 0.25) is 0 Å². The van der Waals surface area contributed by atoms with Gasteiger partial charge in [-0.25, -0.2) is 4.39 Å². The Morgan fingerprint density at radius 2 is 2.00 bits per heavy atom. The minimum absolute atomic E-state index is 0.191. The molecule has 0 saturated heterocycles. The van der Waals surface area contributed by atoms with Gasteiger partial charge in [-0.15, -0.1) is 0 Å². The summed E-state index contributed by atoms with van der Waals surface area (Å²) < 4.78 is 18.7. The van der Waals surface area contributed by atoms with Gasteiger partial charge < -0.3 is 10.5 Å². The molecule has 0 amide bonds. The van der Waals surface area contributed by atoms with E-state index in [1.54, 1.807) is 36.5 Å². The number of hydrogen-bond donors (Lipinski definition) is 1. The zero-order valence-corrected chi connectivity index (χ0v) is 9.27. The highest BCUT2D eigenvalue weighted by Gasteiger charge is 2.01. The lowest BCUT2D eigenvalue weighted by Crippen LogP contribution is -2.01. The number of benzene rings is 1. The van der Waals surface area contributed by atoms with Crippen LogP contribution in [0.15, 0.2) is 42.6 Å². The largest absolute Gasteiger partial charge is 0.487 e. The van der Waals surface area contributed by atoms with Gasteiger partial charge in [0.25, 0.3) is 0 Å². The summed E-state index contributed by atoms with van der Waals surface area (Å²) in [5.41, 5.74) is 6.75. The van der Waals surface area contributed by atoms with Crippen LogP contribution in [0.5, 0.6) is 5.75 Å². The van der Waals surface area contributed by atoms with Crippen molar-refractivity contribution in [3.05, 3.63) is 59.7 Å². The van der Waals surface area contributed by atoms with Gasteiger partial charge in [0, 0.05) is 12.1 Å². The smallest absolute Gasteiger partial charge is 0.138 e. The van der Waals surface area contributed by atoms with Crippen LogP contribution in [0.3, 0.4) is 0 Å². The van der Waals surface area contributed by atoms with E-state index in [2.05, 4.69) is 4.98 Å². The van der Waals surface area contributed by atoms with Crippen LogP contribution in [-0.4, -0.2) is 4.98 Å². The lowest BCUT2D eigenvalue weighted by atomic mass is 10.2. The third kappa shape index (κ3) is 3.01. The third-order valence-electron chi connectivity index (χ3n) is 2.36. The first-order valence-corrected chi connectivity index (χ1v) is 5.31. The molecule has 0 aliphatic heterocycles. The van der Waals surface area contributed by atoms with Crippen LogP contribution in [0, 0.1) is 5.82 Å². The van der Waals surface area contributed by atoms with Crippen molar-refractivity contribution in [1.29, 1.82) is 0 Å². The number of pyridine rings is 1. The molecular weight excluding hydrogens is 219 g/mol. The summed E-state index contributed by atoms with van der Waals surface area (Å²) in [7, 11) is 0. The second-order valence-corrected chi connectivity index (χ2v) is 3.57. The van der Waals surface area contributed by atoms with E-state index >= 15 is 0 Å². The number of hydrogen-bond acceptors (Lipinski definition) is 3. The van der Waals surface area contributed by atoms with Gasteiger partial charge in [0.05, 0.1) is 11.9 Å². The Morgan fingerprint density at radius 3 is 2.65 bits per heavy atom. The monoisotopic (exact) mass is 232 g/mol. The normalized spacial score (nSPS) is 10.2. The quantitative estimate of drug-likeness (QED) is 0.879. The summed E-state index contributed by atoms with van der Waals surface area (Å²) in [6, 6.07) is 10.1. The van der Waals surface area contributed by atoms with Crippen molar-refractivity contribution in [2.24, 2.45) is 5.73 Å². The molecule has 0 unspecified atom stereocenters. The molecule has 0 saturated carbocycles. The molecule has 0 bridgehead atoms. The Kier molecular flexibility index (Phi) is 3.67. The fraction of sp³-hybridized carbons (Fsp3) is 0.154. The van der Waals surface area contributed by atoms with Gasteiger partial charge in [-0.05, 0) is 18.2 Å². The second-order valence-electron chi connectivity index (χ2n) is 3.57. The average molecular weight is 232 g/mol. The third-order valence-corrected chi connectivity index (χ3v) is 2.36. The van der Waals surface area contributed by atoms with Crippen molar-refractivity contribution < 1.29 is 9.13 Å². The van der Waals surface area contributed by atoms with E-state index in [1.807, 2.05) is 0 Å². The molecule has 0 spiro atoms. The summed E-state index contributed by atoms with van der Waals surface area (Å²) in [6.45, 7) is 0.587. The van der Waals surface area contributed by atoms with Gasteiger partial charge in [0.15, 0.2) is 0 Å². The van der Waals surface area contributed by atoms with Gasteiger partial charge in [0.1, 0.15) is 18.2 Å². The SMILES string of the molecule is NCc1ccc(OCc2ccccc2F)cn1. The average Bonchev–Trinajstić information content (AvgIpc) is 2.38. The Labute approximate surface area is 99.1 Å². The predicted octanol–water partition coefficient (Wildman–Crippen LogP) is 2.26. The summed E-state index contributed by atoms with van der Waals surface area (Å²) in [5, 5.41) is 0. The Bertz CT molecular complexity index is 485. The topological polar surface area (TPSA) is 48.1 Å². The highest BCUT2D eigenvalue weighted by molar-refractivity contribution is 5.21. The van der Waals surface area contributed by atoms with Gasteiger partial charge >= 0.3 is 0 Å². The fourth-order valence-corrected chi connectivity index (χ4v) is 1.39. The molecular formula is C13H13FN2O. The van der Waals surface area contributed by atoms with E-state index in [-0.39, 0.29) is 12.4 Å². The van der Waals surface area contributed by atoms with Crippen LogP contribution in [0.1, 0.15) is 11.3 Å². The van der Waals surface area contributed by atoms with Crippen molar-refractivity contribution >= 4 is 0 Å². The van der Waals surface area contributed by atoms with Crippen molar-refractivity contribution in [2.75, 3.05) is 0 Å². The van der Waals surface area contributed by atoms with Crippen molar-refractivity contribution in [3.8, 4) is 5.75 Å².